The fourth-order valence-corrected chi connectivity index (χ4v) is 2.56. The van der Waals surface area contributed by atoms with E-state index in [1.807, 2.05) is 0 Å². The summed E-state index contributed by atoms with van der Waals surface area (Å²) in [7, 11) is 0. The van der Waals surface area contributed by atoms with E-state index in [4.69, 9.17) is 5.11 Å². The van der Waals surface area contributed by atoms with Crippen molar-refractivity contribution in [2.45, 2.75) is 57.9 Å². The van der Waals surface area contributed by atoms with Crippen LogP contribution in [0, 0.1) is 0 Å². The maximum atomic E-state index is 8.65. The SMILES string of the molecule is CC1CCCCN1CCCNCCCCCO. The van der Waals surface area contributed by atoms with Crippen LogP contribution in [0.15, 0.2) is 0 Å². The van der Waals surface area contributed by atoms with Gasteiger partial charge in [0, 0.05) is 12.6 Å². The van der Waals surface area contributed by atoms with Crippen molar-refractivity contribution < 1.29 is 5.11 Å². The third kappa shape index (κ3) is 7.02. The van der Waals surface area contributed by atoms with Gasteiger partial charge < -0.3 is 15.3 Å². The van der Waals surface area contributed by atoms with Crippen molar-refractivity contribution in [2.75, 3.05) is 32.8 Å². The molecule has 102 valence electrons. The standard InChI is InChI=1S/C14H30N2O/c1-14-8-3-5-11-16(14)12-7-10-15-9-4-2-6-13-17/h14-15,17H,2-13H2,1H3. The molecule has 0 radical (unpaired) electrons. The molecule has 0 saturated carbocycles. The van der Waals surface area contributed by atoms with Gasteiger partial charge in [-0.2, -0.15) is 0 Å². The second-order valence-corrected chi connectivity index (χ2v) is 5.27. The molecule has 2 N–H and O–H groups in total. The van der Waals surface area contributed by atoms with E-state index in [1.165, 1.54) is 45.2 Å². The van der Waals surface area contributed by atoms with Crippen molar-refractivity contribution in [1.29, 1.82) is 0 Å². The lowest BCUT2D eigenvalue weighted by Crippen LogP contribution is -2.38. The van der Waals surface area contributed by atoms with Gasteiger partial charge >= 0.3 is 0 Å². The van der Waals surface area contributed by atoms with Crippen LogP contribution in [0.2, 0.25) is 0 Å². The first-order valence-electron chi connectivity index (χ1n) is 7.40. The quantitative estimate of drug-likeness (QED) is 0.607. The summed E-state index contributed by atoms with van der Waals surface area (Å²) >= 11 is 0. The van der Waals surface area contributed by atoms with Gasteiger partial charge in [0.05, 0.1) is 0 Å². The van der Waals surface area contributed by atoms with Crippen LogP contribution in [0.25, 0.3) is 0 Å². The maximum Gasteiger partial charge on any atom is 0.0431 e. The Bertz CT molecular complexity index is 176. The molecular weight excluding hydrogens is 212 g/mol. The second-order valence-electron chi connectivity index (χ2n) is 5.27. The molecule has 0 aromatic rings. The van der Waals surface area contributed by atoms with Crippen LogP contribution in [-0.2, 0) is 0 Å². The molecule has 0 amide bonds. The van der Waals surface area contributed by atoms with E-state index >= 15 is 0 Å². The minimum absolute atomic E-state index is 0.340. The number of nitrogens with one attached hydrogen (secondary N) is 1. The molecule has 1 aliphatic heterocycles. The largest absolute Gasteiger partial charge is 0.396 e. The zero-order chi connectivity index (χ0) is 12.3. The van der Waals surface area contributed by atoms with Gasteiger partial charge in [0.1, 0.15) is 0 Å². The normalized spacial score (nSPS) is 21.9. The van der Waals surface area contributed by atoms with E-state index in [1.54, 1.807) is 0 Å². The fraction of sp³-hybridized carbons (Fsp3) is 1.00. The van der Waals surface area contributed by atoms with Gasteiger partial charge in [-0.3, -0.25) is 0 Å². The van der Waals surface area contributed by atoms with Crippen LogP contribution in [0.4, 0.5) is 0 Å². The van der Waals surface area contributed by atoms with E-state index in [-0.39, 0.29) is 0 Å². The number of aliphatic hydroxyl groups excluding tert-OH is 1. The number of piperidine rings is 1. The molecule has 3 nitrogen and oxygen atoms in total. The van der Waals surface area contributed by atoms with Crippen LogP contribution in [0.1, 0.15) is 51.9 Å². The lowest BCUT2D eigenvalue weighted by molar-refractivity contribution is 0.159. The van der Waals surface area contributed by atoms with Gasteiger partial charge in [-0.1, -0.05) is 6.42 Å². The number of likely N-dealkylation sites (tertiary alicyclic amines) is 1. The lowest BCUT2D eigenvalue weighted by atomic mass is 10.0. The summed E-state index contributed by atoms with van der Waals surface area (Å²) in [6.45, 7) is 7.51. The van der Waals surface area contributed by atoms with Crippen LogP contribution >= 0.6 is 0 Å². The summed E-state index contributed by atoms with van der Waals surface area (Å²) in [6, 6.07) is 0.799. The molecule has 0 aliphatic carbocycles. The predicted octanol–water partition coefficient (Wildman–Crippen LogP) is 2.00. The maximum absolute atomic E-state index is 8.65. The molecule has 17 heavy (non-hydrogen) atoms. The van der Waals surface area contributed by atoms with Crippen molar-refractivity contribution in [3.05, 3.63) is 0 Å². The third-order valence-corrected chi connectivity index (χ3v) is 3.75. The molecule has 1 heterocycles. The van der Waals surface area contributed by atoms with Gasteiger partial charge in [0.15, 0.2) is 0 Å². The molecule has 1 aliphatic rings. The lowest BCUT2D eigenvalue weighted by Gasteiger charge is -2.33. The number of rotatable bonds is 9. The first kappa shape index (κ1) is 14.9. The number of hydrogen-bond acceptors (Lipinski definition) is 3. The Kier molecular flexibility index (Phi) is 8.67. The summed E-state index contributed by atoms with van der Waals surface area (Å²) in [6.07, 6.45) is 8.75. The van der Waals surface area contributed by atoms with E-state index in [2.05, 4.69) is 17.1 Å². The van der Waals surface area contributed by atoms with E-state index < -0.39 is 0 Å². The van der Waals surface area contributed by atoms with Crippen molar-refractivity contribution in [3.63, 3.8) is 0 Å². The fourth-order valence-electron chi connectivity index (χ4n) is 2.56. The highest BCUT2D eigenvalue weighted by atomic mass is 16.2. The van der Waals surface area contributed by atoms with Crippen molar-refractivity contribution >= 4 is 0 Å². The number of unbranched alkanes of at least 4 members (excludes halogenated alkanes) is 2. The van der Waals surface area contributed by atoms with Crippen LogP contribution in [0.3, 0.4) is 0 Å². The molecule has 1 rings (SSSR count). The van der Waals surface area contributed by atoms with Crippen LogP contribution in [-0.4, -0.2) is 48.8 Å². The molecule has 1 saturated heterocycles. The first-order valence-corrected chi connectivity index (χ1v) is 7.40. The predicted molar refractivity (Wildman–Crippen MR) is 73.3 cm³/mol. The highest BCUT2D eigenvalue weighted by Gasteiger charge is 2.16. The molecule has 1 unspecified atom stereocenters. The first-order chi connectivity index (χ1) is 8.34. The van der Waals surface area contributed by atoms with Crippen LogP contribution in [0.5, 0.6) is 0 Å². The minimum Gasteiger partial charge on any atom is -0.396 e. The number of nitrogens with zero attached hydrogens (tertiary/aromatic N) is 1. The molecule has 0 aromatic carbocycles. The average molecular weight is 242 g/mol. The van der Waals surface area contributed by atoms with E-state index in [0.29, 0.717) is 6.61 Å². The Balaban J connectivity index is 1.86. The highest BCUT2D eigenvalue weighted by Crippen LogP contribution is 2.15. The van der Waals surface area contributed by atoms with Crippen molar-refractivity contribution in [2.24, 2.45) is 0 Å². The van der Waals surface area contributed by atoms with Crippen LogP contribution < -0.4 is 5.32 Å². The highest BCUT2D eigenvalue weighted by molar-refractivity contribution is 4.72. The molecule has 1 fully saturated rings. The Morgan fingerprint density at radius 2 is 1.94 bits per heavy atom. The number of hydrogen-bond donors (Lipinski definition) is 2. The van der Waals surface area contributed by atoms with Gasteiger partial charge in [0.25, 0.3) is 0 Å². The zero-order valence-corrected chi connectivity index (χ0v) is 11.5. The minimum atomic E-state index is 0.340. The molecule has 1 atom stereocenters. The summed E-state index contributed by atoms with van der Waals surface area (Å²) in [5, 5.41) is 12.1. The summed E-state index contributed by atoms with van der Waals surface area (Å²) in [5.41, 5.74) is 0. The van der Waals surface area contributed by atoms with Crippen molar-refractivity contribution in [3.8, 4) is 0 Å². The Morgan fingerprint density at radius 1 is 1.12 bits per heavy atom. The average Bonchev–Trinajstić information content (AvgIpc) is 2.35. The van der Waals surface area contributed by atoms with Gasteiger partial charge in [-0.25, -0.2) is 0 Å². The Morgan fingerprint density at radius 3 is 2.71 bits per heavy atom. The smallest absolute Gasteiger partial charge is 0.0431 e. The van der Waals surface area contributed by atoms with Gasteiger partial charge in [0.2, 0.25) is 0 Å². The monoisotopic (exact) mass is 242 g/mol. The Labute approximate surface area is 107 Å². The topological polar surface area (TPSA) is 35.5 Å². The second kappa shape index (κ2) is 9.86. The molecule has 0 spiro atoms. The molecule has 0 aromatic heterocycles. The van der Waals surface area contributed by atoms with Gasteiger partial charge in [-0.15, -0.1) is 0 Å². The van der Waals surface area contributed by atoms with E-state index in [0.717, 1.165) is 32.0 Å². The summed E-state index contributed by atoms with van der Waals surface area (Å²) in [5.74, 6) is 0. The Hall–Kier alpha value is -0.120. The molecule has 0 bridgehead atoms. The molecular formula is C14H30N2O. The zero-order valence-electron chi connectivity index (χ0n) is 11.5. The molecule has 3 heteroatoms. The number of aliphatic hydroxyl groups is 1. The van der Waals surface area contributed by atoms with Crippen molar-refractivity contribution in [1.82, 2.24) is 10.2 Å². The summed E-state index contributed by atoms with van der Waals surface area (Å²) < 4.78 is 0. The van der Waals surface area contributed by atoms with E-state index in [9.17, 15) is 0 Å². The third-order valence-electron chi connectivity index (χ3n) is 3.75. The van der Waals surface area contributed by atoms with Gasteiger partial charge in [-0.05, 0) is 71.6 Å². The summed E-state index contributed by atoms with van der Waals surface area (Å²) in [4.78, 5) is 2.64.